The van der Waals surface area contributed by atoms with Crippen LogP contribution < -0.4 is 0 Å². The maximum absolute atomic E-state index is 12.4. The van der Waals surface area contributed by atoms with Crippen molar-refractivity contribution in [2.45, 2.75) is 25.3 Å². The third-order valence-corrected chi connectivity index (χ3v) is 4.15. The van der Waals surface area contributed by atoms with Gasteiger partial charge in [0.25, 0.3) is 5.91 Å². The molecule has 6 heteroatoms. The summed E-state index contributed by atoms with van der Waals surface area (Å²) in [5, 5.41) is 8.87. The second-order valence-corrected chi connectivity index (χ2v) is 5.44. The average molecular weight is 278 g/mol. The van der Waals surface area contributed by atoms with E-state index in [9.17, 15) is 9.59 Å². The summed E-state index contributed by atoms with van der Waals surface area (Å²) in [7, 11) is 0. The van der Waals surface area contributed by atoms with Crippen molar-refractivity contribution < 1.29 is 19.1 Å². The summed E-state index contributed by atoms with van der Waals surface area (Å²) in [4.78, 5) is 27.5. The number of nitrogens with zero attached hydrogens (tertiary/aromatic N) is 2. The van der Waals surface area contributed by atoms with Crippen LogP contribution in [-0.2, 0) is 0 Å². The molecule has 0 bridgehead atoms. The Bertz CT molecular complexity index is 525. The first kappa shape index (κ1) is 13.2. The summed E-state index contributed by atoms with van der Waals surface area (Å²) < 4.78 is 5.11. The fourth-order valence-electron chi connectivity index (χ4n) is 3.11. The smallest absolute Gasteiger partial charge is 0.338 e. The highest BCUT2D eigenvalue weighted by Crippen LogP contribution is 2.22. The molecule has 3 heterocycles. The molecule has 1 aromatic rings. The minimum absolute atomic E-state index is 0.0191. The molecule has 6 nitrogen and oxygen atoms in total. The molecule has 2 aliphatic rings. The Labute approximate surface area is 117 Å². The predicted octanol–water partition coefficient (Wildman–Crippen LogP) is 1.29. The van der Waals surface area contributed by atoms with Crippen molar-refractivity contribution in [2.75, 3.05) is 26.2 Å². The summed E-state index contributed by atoms with van der Waals surface area (Å²) in [6, 6.07) is 1.75. The lowest BCUT2D eigenvalue weighted by Crippen LogP contribution is -2.39. The van der Waals surface area contributed by atoms with Crippen LogP contribution >= 0.6 is 0 Å². The van der Waals surface area contributed by atoms with Gasteiger partial charge in [-0.25, -0.2) is 4.79 Å². The maximum Gasteiger partial charge on any atom is 0.338 e. The van der Waals surface area contributed by atoms with E-state index in [4.69, 9.17) is 9.52 Å². The highest BCUT2D eigenvalue weighted by molar-refractivity contribution is 5.95. The van der Waals surface area contributed by atoms with E-state index in [1.807, 2.05) is 0 Å². The second kappa shape index (κ2) is 5.28. The van der Waals surface area contributed by atoms with Crippen molar-refractivity contribution in [2.24, 2.45) is 0 Å². The summed E-state index contributed by atoms with van der Waals surface area (Å²) in [6.45, 7) is 3.57. The summed E-state index contributed by atoms with van der Waals surface area (Å²) in [6.07, 6.45) is 4.39. The Morgan fingerprint density at radius 2 is 2.05 bits per heavy atom. The first-order valence-corrected chi connectivity index (χ1v) is 7.00. The molecule has 0 radical (unpaired) electrons. The highest BCUT2D eigenvalue weighted by Gasteiger charge is 2.31. The van der Waals surface area contributed by atoms with Crippen LogP contribution in [0.15, 0.2) is 16.7 Å². The Morgan fingerprint density at radius 3 is 2.80 bits per heavy atom. The maximum atomic E-state index is 12.4. The van der Waals surface area contributed by atoms with Gasteiger partial charge in [0, 0.05) is 31.7 Å². The number of carboxylic acids is 1. The number of fused-ring (bicyclic) bond motifs is 1. The molecule has 108 valence electrons. The Kier molecular flexibility index (Phi) is 3.48. The molecule has 1 N–H and O–H groups in total. The molecule has 0 spiro atoms. The number of hydrogen-bond acceptors (Lipinski definition) is 4. The van der Waals surface area contributed by atoms with Gasteiger partial charge in [-0.2, -0.15) is 0 Å². The number of aromatic carboxylic acids is 1. The largest absolute Gasteiger partial charge is 0.478 e. The van der Waals surface area contributed by atoms with Gasteiger partial charge < -0.3 is 14.4 Å². The minimum atomic E-state index is -1.08. The molecule has 2 fully saturated rings. The van der Waals surface area contributed by atoms with E-state index in [0.717, 1.165) is 32.2 Å². The van der Waals surface area contributed by atoms with Gasteiger partial charge >= 0.3 is 5.97 Å². The predicted molar refractivity (Wildman–Crippen MR) is 70.8 cm³/mol. The lowest BCUT2D eigenvalue weighted by Gasteiger charge is -2.25. The number of carboxylic acid groups (broad SMARTS) is 1. The van der Waals surface area contributed by atoms with Crippen LogP contribution in [0.3, 0.4) is 0 Å². The lowest BCUT2D eigenvalue weighted by atomic mass is 10.2. The second-order valence-electron chi connectivity index (χ2n) is 5.44. The SMILES string of the molecule is O=C(O)c1coc(C(=O)N2CCCN3CCCC3C2)c1. The summed E-state index contributed by atoms with van der Waals surface area (Å²) in [5.41, 5.74) is 0.0191. The Hall–Kier alpha value is -1.82. The van der Waals surface area contributed by atoms with Gasteiger partial charge in [0.1, 0.15) is 6.26 Å². The van der Waals surface area contributed by atoms with Gasteiger partial charge in [0.05, 0.1) is 5.56 Å². The minimum Gasteiger partial charge on any atom is -0.478 e. The molecule has 20 heavy (non-hydrogen) atoms. The molecule has 1 aromatic heterocycles. The molecule has 0 aromatic carbocycles. The van der Waals surface area contributed by atoms with Gasteiger partial charge in [-0.3, -0.25) is 9.69 Å². The summed E-state index contributed by atoms with van der Waals surface area (Å²) in [5.74, 6) is -1.16. The molecule has 2 aliphatic heterocycles. The average Bonchev–Trinajstić information content (AvgIpc) is 3.03. The molecule has 0 saturated carbocycles. The van der Waals surface area contributed by atoms with Gasteiger partial charge in [0.2, 0.25) is 0 Å². The van der Waals surface area contributed by atoms with Gasteiger partial charge in [-0.05, 0) is 25.8 Å². The zero-order valence-corrected chi connectivity index (χ0v) is 11.2. The van der Waals surface area contributed by atoms with Gasteiger partial charge in [-0.1, -0.05) is 0 Å². The monoisotopic (exact) mass is 278 g/mol. The Balaban J connectivity index is 1.73. The fraction of sp³-hybridized carbons (Fsp3) is 0.571. The summed E-state index contributed by atoms with van der Waals surface area (Å²) >= 11 is 0. The van der Waals surface area contributed by atoms with E-state index in [-0.39, 0.29) is 17.2 Å². The topological polar surface area (TPSA) is 74.0 Å². The van der Waals surface area contributed by atoms with Crippen LogP contribution in [0.1, 0.15) is 40.2 Å². The fourth-order valence-corrected chi connectivity index (χ4v) is 3.11. The molecule has 1 amide bonds. The van der Waals surface area contributed by atoms with Crippen molar-refractivity contribution in [3.63, 3.8) is 0 Å². The number of furan rings is 1. The number of amides is 1. The molecule has 1 unspecified atom stereocenters. The van der Waals surface area contributed by atoms with Gasteiger partial charge in [0.15, 0.2) is 5.76 Å². The van der Waals surface area contributed by atoms with Crippen molar-refractivity contribution in [1.82, 2.24) is 9.80 Å². The number of carbonyl (C=O) groups is 2. The first-order chi connectivity index (χ1) is 9.65. The van der Waals surface area contributed by atoms with E-state index in [0.29, 0.717) is 19.1 Å². The molecule has 1 atom stereocenters. The molecule has 3 rings (SSSR count). The van der Waals surface area contributed by atoms with Crippen LogP contribution in [0.5, 0.6) is 0 Å². The highest BCUT2D eigenvalue weighted by atomic mass is 16.4. The third-order valence-electron chi connectivity index (χ3n) is 4.15. The van der Waals surface area contributed by atoms with E-state index < -0.39 is 5.97 Å². The van der Waals surface area contributed by atoms with Crippen molar-refractivity contribution in [3.05, 3.63) is 23.7 Å². The van der Waals surface area contributed by atoms with Crippen LogP contribution in [0.2, 0.25) is 0 Å². The quantitative estimate of drug-likeness (QED) is 0.882. The van der Waals surface area contributed by atoms with Crippen LogP contribution in [0.25, 0.3) is 0 Å². The number of carbonyl (C=O) groups excluding carboxylic acids is 1. The Morgan fingerprint density at radius 1 is 1.25 bits per heavy atom. The lowest BCUT2D eigenvalue weighted by molar-refractivity contribution is 0.0692. The molecular weight excluding hydrogens is 260 g/mol. The van der Waals surface area contributed by atoms with Crippen molar-refractivity contribution >= 4 is 11.9 Å². The van der Waals surface area contributed by atoms with Crippen molar-refractivity contribution in [3.8, 4) is 0 Å². The number of hydrogen-bond donors (Lipinski definition) is 1. The van der Waals surface area contributed by atoms with E-state index in [1.54, 1.807) is 4.90 Å². The van der Waals surface area contributed by atoms with E-state index >= 15 is 0 Å². The first-order valence-electron chi connectivity index (χ1n) is 7.00. The zero-order valence-electron chi connectivity index (χ0n) is 11.2. The standard InChI is InChI=1S/C14H18N2O4/c17-13(12-7-10(9-20-12)14(18)19)16-6-2-5-15-4-1-3-11(15)8-16/h7,9,11H,1-6,8H2,(H,18,19). The van der Waals surface area contributed by atoms with Crippen molar-refractivity contribution in [1.29, 1.82) is 0 Å². The van der Waals surface area contributed by atoms with Gasteiger partial charge in [-0.15, -0.1) is 0 Å². The van der Waals surface area contributed by atoms with Crippen LogP contribution in [-0.4, -0.2) is 59.0 Å². The van der Waals surface area contributed by atoms with E-state index in [1.165, 1.54) is 12.5 Å². The van der Waals surface area contributed by atoms with Crippen LogP contribution in [0.4, 0.5) is 0 Å². The molecule has 0 aliphatic carbocycles. The normalized spacial score (nSPS) is 23.4. The molecular formula is C14H18N2O4. The van der Waals surface area contributed by atoms with E-state index in [2.05, 4.69) is 4.90 Å². The third kappa shape index (κ3) is 2.43. The zero-order chi connectivity index (χ0) is 14.1. The number of rotatable bonds is 2. The van der Waals surface area contributed by atoms with Crippen LogP contribution in [0, 0.1) is 0 Å². The molecule has 2 saturated heterocycles.